The van der Waals surface area contributed by atoms with Gasteiger partial charge in [-0.3, -0.25) is 0 Å². The predicted molar refractivity (Wildman–Crippen MR) is 86.1 cm³/mol. The highest BCUT2D eigenvalue weighted by molar-refractivity contribution is 5.48. The van der Waals surface area contributed by atoms with Gasteiger partial charge in [0.05, 0.1) is 0 Å². The first kappa shape index (κ1) is 13.9. The van der Waals surface area contributed by atoms with E-state index in [9.17, 15) is 0 Å². The molecule has 2 atom stereocenters. The molecule has 3 rings (SSSR count). The van der Waals surface area contributed by atoms with Crippen LogP contribution in [0.2, 0.25) is 0 Å². The van der Waals surface area contributed by atoms with Crippen molar-refractivity contribution in [1.82, 2.24) is 5.32 Å². The topological polar surface area (TPSA) is 15.3 Å². The van der Waals surface area contributed by atoms with Gasteiger partial charge < -0.3 is 10.2 Å². The first-order chi connectivity index (χ1) is 9.81. The first-order valence-electron chi connectivity index (χ1n) is 8.36. The quantitative estimate of drug-likeness (QED) is 0.877. The molecule has 110 valence electrons. The van der Waals surface area contributed by atoms with Crippen LogP contribution in [0.5, 0.6) is 0 Å². The summed E-state index contributed by atoms with van der Waals surface area (Å²) in [7, 11) is 0. The maximum atomic E-state index is 3.64. The molecule has 1 aliphatic carbocycles. The van der Waals surface area contributed by atoms with Gasteiger partial charge in [-0.2, -0.15) is 0 Å². The fourth-order valence-corrected chi connectivity index (χ4v) is 3.73. The molecule has 1 aromatic carbocycles. The van der Waals surface area contributed by atoms with Crippen LogP contribution in [0.3, 0.4) is 0 Å². The van der Waals surface area contributed by atoms with E-state index in [1.54, 1.807) is 0 Å². The van der Waals surface area contributed by atoms with Crippen LogP contribution < -0.4 is 10.2 Å². The summed E-state index contributed by atoms with van der Waals surface area (Å²) in [6.07, 6.45) is 6.96. The van der Waals surface area contributed by atoms with Crippen molar-refractivity contribution in [2.45, 2.75) is 45.6 Å². The summed E-state index contributed by atoms with van der Waals surface area (Å²) in [4.78, 5) is 2.50. The summed E-state index contributed by atoms with van der Waals surface area (Å²) in [5, 5.41) is 3.64. The Hall–Kier alpha value is -1.02. The molecule has 0 spiro atoms. The van der Waals surface area contributed by atoms with E-state index in [4.69, 9.17) is 0 Å². The van der Waals surface area contributed by atoms with Gasteiger partial charge in [0.15, 0.2) is 0 Å². The number of rotatable bonds is 5. The summed E-state index contributed by atoms with van der Waals surface area (Å²) in [6, 6.07) is 9.16. The third-order valence-electron chi connectivity index (χ3n) is 4.97. The van der Waals surface area contributed by atoms with Crippen LogP contribution in [0.15, 0.2) is 24.3 Å². The molecule has 0 radical (unpaired) electrons. The van der Waals surface area contributed by atoms with E-state index in [0.717, 1.165) is 18.4 Å². The smallest absolute Gasteiger partial charge is 0.0366 e. The molecule has 2 aliphatic rings. The normalized spacial score (nSPS) is 26.4. The molecule has 2 fully saturated rings. The Bertz CT molecular complexity index is 406. The zero-order valence-electron chi connectivity index (χ0n) is 12.8. The van der Waals surface area contributed by atoms with Gasteiger partial charge in [0, 0.05) is 25.3 Å². The number of nitrogens with zero attached hydrogens (tertiary/aromatic N) is 1. The lowest BCUT2D eigenvalue weighted by molar-refractivity contribution is 0.470. The van der Waals surface area contributed by atoms with Crippen molar-refractivity contribution < 1.29 is 0 Å². The van der Waals surface area contributed by atoms with Crippen molar-refractivity contribution in [2.24, 2.45) is 11.8 Å². The number of hydrogen-bond acceptors (Lipinski definition) is 2. The van der Waals surface area contributed by atoms with Crippen LogP contribution in [0, 0.1) is 11.8 Å². The highest BCUT2D eigenvalue weighted by Gasteiger charge is 2.20. The summed E-state index contributed by atoms with van der Waals surface area (Å²) in [5.41, 5.74) is 2.81. The molecule has 0 aromatic heterocycles. The molecule has 0 bridgehead atoms. The molecule has 1 saturated heterocycles. The average molecular weight is 272 g/mol. The monoisotopic (exact) mass is 272 g/mol. The van der Waals surface area contributed by atoms with Gasteiger partial charge >= 0.3 is 0 Å². The van der Waals surface area contributed by atoms with E-state index in [2.05, 4.69) is 41.4 Å². The molecule has 2 heteroatoms. The molecule has 2 unspecified atom stereocenters. The lowest BCUT2D eigenvalue weighted by Crippen LogP contribution is -2.21. The standard InChI is InChI=1S/C18H28N2/c1-15-4-5-17(12-15)14-19-13-16-6-8-18(9-7-16)20-10-2-3-11-20/h6-9,15,17,19H,2-5,10-14H2,1H3. The van der Waals surface area contributed by atoms with Crippen molar-refractivity contribution in [1.29, 1.82) is 0 Å². The summed E-state index contributed by atoms with van der Waals surface area (Å²) in [5.74, 6) is 1.86. The molecule has 1 aliphatic heterocycles. The van der Waals surface area contributed by atoms with E-state index in [0.29, 0.717) is 0 Å². The lowest BCUT2D eigenvalue weighted by Gasteiger charge is -2.18. The molecule has 0 amide bonds. The van der Waals surface area contributed by atoms with Crippen molar-refractivity contribution in [3.8, 4) is 0 Å². The van der Waals surface area contributed by atoms with Gasteiger partial charge in [-0.1, -0.05) is 25.5 Å². The van der Waals surface area contributed by atoms with Crippen LogP contribution in [0.25, 0.3) is 0 Å². The van der Waals surface area contributed by atoms with Crippen molar-refractivity contribution >= 4 is 5.69 Å². The van der Waals surface area contributed by atoms with E-state index in [1.807, 2.05) is 0 Å². The third kappa shape index (κ3) is 3.54. The fourth-order valence-electron chi connectivity index (χ4n) is 3.73. The molecule has 2 nitrogen and oxygen atoms in total. The maximum Gasteiger partial charge on any atom is 0.0366 e. The zero-order chi connectivity index (χ0) is 13.8. The Morgan fingerprint density at radius 2 is 1.85 bits per heavy atom. The second-order valence-corrected chi connectivity index (χ2v) is 6.78. The maximum absolute atomic E-state index is 3.64. The summed E-state index contributed by atoms with van der Waals surface area (Å²) < 4.78 is 0. The Morgan fingerprint density at radius 3 is 2.50 bits per heavy atom. The van der Waals surface area contributed by atoms with Crippen LogP contribution in [-0.2, 0) is 6.54 Å². The summed E-state index contributed by atoms with van der Waals surface area (Å²) >= 11 is 0. The van der Waals surface area contributed by atoms with E-state index in [1.165, 1.54) is 63.0 Å². The second-order valence-electron chi connectivity index (χ2n) is 6.78. The minimum Gasteiger partial charge on any atom is -0.372 e. The van der Waals surface area contributed by atoms with Gasteiger partial charge in [0.1, 0.15) is 0 Å². The van der Waals surface area contributed by atoms with Crippen molar-refractivity contribution in [2.75, 3.05) is 24.5 Å². The Morgan fingerprint density at radius 1 is 1.10 bits per heavy atom. The van der Waals surface area contributed by atoms with Gasteiger partial charge in [-0.15, -0.1) is 0 Å². The van der Waals surface area contributed by atoms with Gasteiger partial charge in [-0.05, 0) is 61.8 Å². The van der Waals surface area contributed by atoms with E-state index in [-0.39, 0.29) is 0 Å². The molecule has 1 N–H and O–H groups in total. The minimum atomic E-state index is 0.911. The Kier molecular flexibility index (Phi) is 4.62. The van der Waals surface area contributed by atoms with Crippen LogP contribution in [0.4, 0.5) is 5.69 Å². The third-order valence-corrected chi connectivity index (χ3v) is 4.97. The average Bonchev–Trinajstić information content (AvgIpc) is 3.11. The Balaban J connectivity index is 1.43. The van der Waals surface area contributed by atoms with Crippen molar-refractivity contribution in [3.63, 3.8) is 0 Å². The molecule has 1 aromatic rings. The molecule has 1 saturated carbocycles. The molecular formula is C18H28N2. The molecular weight excluding hydrogens is 244 g/mol. The zero-order valence-corrected chi connectivity index (χ0v) is 12.8. The number of nitrogens with one attached hydrogen (secondary N) is 1. The van der Waals surface area contributed by atoms with E-state index < -0.39 is 0 Å². The van der Waals surface area contributed by atoms with Gasteiger partial charge in [0.2, 0.25) is 0 Å². The van der Waals surface area contributed by atoms with Crippen LogP contribution in [0.1, 0.15) is 44.6 Å². The molecule has 1 heterocycles. The lowest BCUT2D eigenvalue weighted by atomic mass is 10.1. The first-order valence-corrected chi connectivity index (χ1v) is 8.36. The fraction of sp³-hybridized carbons (Fsp3) is 0.667. The highest BCUT2D eigenvalue weighted by Crippen LogP contribution is 2.29. The largest absolute Gasteiger partial charge is 0.372 e. The SMILES string of the molecule is CC1CCC(CNCc2ccc(N3CCCC3)cc2)C1. The predicted octanol–water partition coefficient (Wildman–Crippen LogP) is 3.81. The highest BCUT2D eigenvalue weighted by atomic mass is 15.1. The Labute approximate surface area is 123 Å². The van der Waals surface area contributed by atoms with Crippen LogP contribution in [-0.4, -0.2) is 19.6 Å². The summed E-state index contributed by atoms with van der Waals surface area (Å²) in [6.45, 7) is 7.06. The van der Waals surface area contributed by atoms with Crippen molar-refractivity contribution in [3.05, 3.63) is 29.8 Å². The second kappa shape index (κ2) is 6.62. The van der Waals surface area contributed by atoms with Crippen LogP contribution >= 0.6 is 0 Å². The number of anilines is 1. The number of hydrogen-bond donors (Lipinski definition) is 1. The van der Waals surface area contributed by atoms with E-state index >= 15 is 0 Å². The van der Waals surface area contributed by atoms with Gasteiger partial charge in [0.25, 0.3) is 0 Å². The minimum absolute atomic E-state index is 0.911. The number of benzene rings is 1. The molecule has 20 heavy (non-hydrogen) atoms. The van der Waals surface area contributed by atoms with Gasteiger partial charge in [-0.25, -0.2) is 0 Å².